The summed E-state index contributed by atoms with van der Waals surface area (Å²) in [6, 6.07) is 13.4. The van der Waals surface area contributed by atoms with Gasteiger partial charge in [-0.05, 0) is 56.3 Å². The van der Waals surface area contributed by atoms with Crippen LogP contribution in [-0.2, 0) is 4.79 Å². The van der Waals surface area contributed by atoms with E-state index in [4.69, 9.17) is 4.74 Å². The molecule has 122 valence electrons. The van der Waals surface area contributed by atoms with Gasteiger partial charge in [-0.3, -0.25) is 4.79 Å². The van der Waals surface area contributed by atoms with Crippen molar-refractivity contribution >= 4 is 17.3 Å². The van der Waals surface area contributed by atoms with Crippen molar-refractivity contribution in [1.82, 2.24) is 0 Å². The summed E-state index contributed by atoms with van der Waals surface area (Å²) in [5.41, 5.74) is 1.38. The Labute approximate surface area is 135 Å². The Hall–Kier alpha value is -2.56. The van der Waals surface area contributed by atoms with Gasteiger partial charge in [-0.2, -0.15) is 0 Å². The van der Waals surface area contributed by atoms with Crippen LogP contribution in [0.1, 0.15) is 20.3 Å². The second-order valence-electron chi connectivity index (χ2n) is 5.43. The zero-order valence-corrected chi connectivity index (χ0v) is 13.3. The molecule has 0 aliphatic carbocycles. The molecule has 0 saturated carbocycles. The normalized spacial score (nSPS) is 10.4. The van der Waals surface area contributed by atoms with Gasteiger partial charge in [0.15, 0.2) is 0 Å². The molecule has 2 rings (SSSR count). The Morgan fingerprint density at radius 2 is 1.87 bits per heavy atom. The summed E-state index contributed by atoms with van der Waals surface area (Å²) in [5.74, 6) is 0.361. The summed E-state index contributed by atoms with van der Waals surface area (Å²) in [7, 11) is 0. The van der Waals surface area contributed by atoms with Crippen LogP contribution in [0, 0.1) is 5.82 Å². The van der Waals surface area contributed by atoms with Crippen molar-refractivity contribution in [3.63, 3.8) is 0 Å². The highest BCUT2D eigenvalue weighted by Gasteiger charge is 2.04. The highest BCUT2D eigenvalue weighted by Crippen LogP contribution is 2.17. The van der Waals surface area contributed by atoms with Crippen LogP contribution in [0.5, 0.6) is 5.75 Å². The van der Waals surface area contributed by atoms with Crippen LogP contribution in [0.2, 0.25) is 0 Å². The van der Waals surface area contributed by atoms with Crippen LogP contribution in [-0.4, -0.2) is 18.6 Å². The summed E-state index contributed by atoms with van der Waals surface area (Å²) in [5, 5.41) is 5.82. The van der Waals surface area contributed by atoms with E-state index in [9.17, 15) is 9.18 Å². The Bertz CT molecular complexity index is 642. The average Bonchev–Trinajstić information content (AvgIpc) is 2.49. The van der Waals surface area contributed by atoms with Gasteiger partial charge in [0, 0.05) is 24.3 Å². The molecular formula is C18H21FN2O2. The van der Waals surface area contributed by atoms with E-state index >= 15 is 0 Å². The Morgan fingerprint density at radius 3 is 2.52 bits per heavy atom. The number of nitrogens with one attached hydrogen (secondary N) is 2. The molecule has 1 amide bonds. The number of carbonyl (C=O) groups is 1. The summed E-state index contributed by atoms with van der Waals surface area (Å²) < 4.78 is 18.6. The number of rotatable bonds is 7. The maximum absolute atomic E-state index is 13.0. The topological polar surface area (TPSA) is 50.4 Å². The predicted octanol–water partition coefficient (Wildman–Crippen LogP) is 4.05. The minimum Gasteiger partial charge on any atom is -0.491 e. The monoisotopic (exact) mass is 316 g/mol. The fraction of sp³-hybridized carbons (Fsp3) is 0.278. The number of hydrogen-bond donors (Lipinski definition) is 2. The molecule has 0 atom stereocenters. The Kier molecular flexibility index (Phi) is 5.97. The molecular weight excluding hydrogens is 295 g/mol. The van der Waals surface area contributed by atoms with Gasteiger partial charge in [0.05, 0.1) is 6.10 Å². The number of benzene rings is 2. The molecule has 0 heterocycles. The minimum atomic E-state index is -0.303. The van der Waals surface area contributed by atoms with E-state index in [1.54, 1.807) is 24.3 Å². The van der Waals surface area contributed by atoms with E-state index < -0.39 is 0 Å². The number of carbonyl (C=O) groups excluding carboxylic acids is 1. The lowest BCUT2D eigenvalue weighted by molar-refractivity contribution is -0.115. The van der Waals surface area contributed by atoms with Crippen LogP contribution < -0.4 is 15.4 Å². The van der Waals surface area contributed by atoms with E-state index in [1.807, 2.05) is 26.0 Å². The molecule has 0 aliphatic rings. The van der Waals surface area contributed by atoms with Gasteiger partial charge in [-0.25, -0.2) is 4.39 Å². The van der Waals surface area contributed by atoms with E-state index in [0.717, 1.165) is 11.4 Å². The number of anilines is 2. The van der Waals surface area contributed by atoms with Crippen molar-refractivity contribution in [3.05, 3.63) is 54.3 Å². The van der Waals surface area contributed by atoms with E-state index in [-0.39, 0.29) is 17.8 Å². The van der Waals surface area contributed by atoms with E-state index in [0.29, 0.717) is 18.7 Å². The van der Waals surface area contributed by atoms with E-state index in [2.05, 4.69) is 10.6 Å². The highest BCUT2D eigenvalue weighted by atomic mass is 19.1. The number of ether oxygens (including phenoxy) is 1. The van der Waals surface area contributed by atoms with Crippen LogP contribution in [0.15, 0.2) is 48.5 Å². The molecule has 0 saturated heterocycles. The zero-order chi connectivity index (χ0) is 16.7. The number of hydrogen-bond acceptors (Lipinski definition) is 3. The molecule has 4 nitrogen and oxygen atoms in total. The molecule has 0 aliphatic heterocycles. The first-order valence-electron chi connectivity index (χ1n) is 7.59. The smallest absolute Gasteiger partial charge is 0.226 e. The third-order valence-electron chi connectivity index (χ3n) is 3.02. The lowest BCUT2D eigenvalue weighted by Gasteiger charge is -2.11. The van der Waals surface area contributed by atoms with Gasteiger partial charge < -0.3 is 15.4 Å². The standard InChI is InChI=1S/C18H21FN2O2/c1-13(2)23-17-8-6-15(7-9-17)21-18(22)10-11-20-16-5-3-4-14(19)12-16/h3-9,12-13,20H,10-11H2,1-2H3,(H,21,22). The van der Waals surface area contributed by atoms with Crippen LogP contribution >= 0.6 is 0 Å². The molecule has 0 aromatic heterocycles. The second-order valence-corrected chi connectivity index (χ2v) is 5.43. The quantitative estimate of drug-likeness (QED) is 0.810. The summed E-state index contributed by atoms with van der Waals surface area (Å²) in [6.07, 6.45) is 0.408. The third kappa shape index (κ3) is 5.98. The highest BCUT2D eigenvalue weighted by molar-refractivity contribution is 5.91. The minimum absolute atomic E-state index is 0.105. The first kappa shape index (κ1) is 16.8. The second kappa shape index (κ2) is 8.17. The molecule has 23 heavy (non-hydrogen) atoms. The van der Waals surface area contributed by atoms with E-state index in [1.165, 1.54) is 12.1 Å². The molecule has 0 fully saturated rings. The van der Waals surface area contributed by atoms with Crippen molar-refractivity contribution in [2.45, 2.75) is 26.4 Å². The average molecular weight is 316 g/mol. The lowest BCUT2D eigenvalue weighted by Crippen LogP contribution is -2.16. The SMILES string of the molecule is CC(C)Oc1ccc(NC(=O)CCNc2cccc(F)c2)cc1. The first-order valence-corrected chi connectivity index (χ1v) is 7.59. The molecule has 2 aromatic rings. The molecule has 5 heteroatoms. The fourth-order valence-electron chi connectivity index (χ4n) is 2.03. The van der Waals surface area contributed by atoms with Gasteiger partial charge in [0.25, 0.3) is 0 Å². The van der Waals surface area contributed by atoms with Crippen molar-refractivity contribution in [2.75, 3.05) is 17.2 Å². The van der Waals surface area contributed by atoms with Crippen molar-refractivity contribution in [1.29, 1.82) is 0 Å². The Morgan fingerprint density at radius 1 is 1.13 bits per heavy atom. The molecule has 2 aromatic carbocycles. The maximum Gasteiger partial charge on any atom is 0.226 e. The van der Waals surface area contributed by atoms with Crippen LogP contribution in [0.4, 0.5) is 15.8 Å². The van der Waals surface area contributed by atoms with Gasteiger partial charge in [0.2, 0.25) is 5.91 Å². The van der Waals surface area contributed by atoms with Crippen LogP contribution in [0.25, 0.3) is 0 Å². The molecule has 0 bridgehead atoms. The summed E-state index contributed by atoms with van der Waals surface area (Å²) in [4.78, 5) is 11.9. The largest absolute Gasteiger partial charge is 0.491 e. The van der Waals surface area contributed by atoms with Crippen molar-refractivity contribution in [2.24, 2.45) is 0 Å². The lowest BCUT2D eigenvalue weighted by atomic mass is 10.2. The molecule has 0 spiro atoms. The maximum atomic E-state index is 13.0. The van der Waals surface area contributed by atoms with Gasteiger partial charge in [-0.15, -0.1) is 0 Å². The number of amides is 1. The van der Waals surface area contributed by atoms with Crippen molar-refractivity contribution < 1.29 is 13.9 Å². The van der Waals surface area contributed by atoms with Gasteiger partial charge >= 0.3 is 0 Å². The summed E-state index contributed by atoms with van der Waals surface area (Å²) in [6.45, 7) is 4.35. The van der Waals surface area contributed by atoms with Crippen molar-refractivity contribution in [3.8, 4) is 5.75 Å². The van der Waals surface area contributed by atoms with Gasteiger partial charge in [-0.1, -0.05) is 6.07 Å². The fourth-order valence-corrected chi connectivity index (χ4v) is 2.03. The Balaban J connectivity index is 1.76. The van der Waals surface area contributed by atoms with Gasteiger partial charge in [0.1, 0.15) is 11.6 Å². The third-order valence-corrected chi connectivity index (χ3v) is 3.02. The molecule has 0 radical (unpaired) electrons. The zero-order valence-electron chi connectivity index (χ0n) is 13.3. The first-order chi connectivity index (χ1) is 11.0. The summed E-state index contributed by atoms with van der Waals surface area (Å²) >= 11 is 0. The predicted molar refractivity (Wildman–Crippen MR) is 90.3 cm³/mol. The molecule has 0 unspecified atom stereocenters. The van der Waals surface area contributed by atoms with Crippen LogP contribution in [0.3, 0.4) is 0 Å². The molecule has 2 N–H and O–H groups in total. The number of halogens is 1.